The van der Waals surface area contributed by atoms with Gasteiger partial charge in [0.05, 0.1) is 16.2 Å². The number of sulfone groups is 1. The van der Waals surface area contributed by atoms with E-state index in [0.29, 0.717) is 18.0 Å². The average Bonchev–Trinajstić information content (AvgIpc) is 2.72. The van der Waals surface area contributed by atoms with E-state index >= 15 is 0 Å². The van der Waals surface area contributed by atoms with Crippen LogP contribution in [0, 0.1) is 0 Å². The van der Waals surface area contributed by atoms with Crippen molar-refractivity contribution in [2.45, 2.75) is 11.4 Å². The fourth-order valence-corrected chi connectivity index (χ4v) is 5.08. The first-order valence-corrected chi connectivity index (χ1v) is 10.1. The van der Waals surface area contributed by atoms with Crippen LogP contribution in [0.5, 0.6) is 0 Å². The molecular weight excluding hydrogens is 388 g/mol. The van der Waals surface area contributed by atoms with Gasteiger partial charge in [0.2, 0.25) is 0 Å². The van der Waals surface area contributed by atoms with Gasteiger partial charge in [-0.15, -0.1) is 0 Å². The Morgan fingerprint density at radius 2 is 1.79 bits per heavy atom. The minimum atomic E-state index is -3.25. The monoisotopic (exact) mass is 402 g/mol. The van der Waals surface area contributed by atoms with E-state index in [4.69, 9.17) is 4.98 Å². The first-order chi connectivity index (χ1) is 11.5. The van der Waals surface area contributed by atoms with Gasteiger partial charge in [-0.3, -0.25) is 0 Å². The molecule has 0 atom stereocenters. The van der Waals surface area contributed by atoms with Crippen molar-refractivity contribution in [3.05, 3.63) is 64.6 Å². The predicted molar refractivity (Wildman–Crippen MR) is 99.0 cm³/mol. The number of fused-ring (bicyclic) bond motifs is 2. The quantitative estimate of drug-likeness (QED) is 0.621. The molecule has 4 nitrogen and oxygen atoms in total. The molecule has 2 aromatic carbocycles. The van der Waals surface area contributed by atoms with Crippen LogP contribution < -0.4 is 4.90 Å². The molecule has 122 valence electrons. The summed E-state index contributed by atoms with van der Waals surface area (Å²) in [6, 6.07) is 17.1. The largest absolute Gasteiger partial charge is 0.351 e. The Kier molecular flexibility index (Phi) is 3.81. The molecular formula is C18H15BrN2O2S. The average molecular weight is 403 g/mol. The van der Waals surface area contributed by atoms with E-state index in [1.54, 1.807) is 12.1 Å². The highest BCUT2D eigenvalue weighted by atomic mass is 79.9. The minimum absolute atomic E-state index is 0.0934. The van der Waals surface area contributed by atoms with Gasteiger partial charge in [0.1, 0.15) is 5.82 Å². The highest BCUT2D eigenvalue weighted by molar-refractivity contribution is 9.10. The molecule has 0 saturated carbocycles. The van der Waals surface area contributed by atoms with Crippen molar-refractivity contribution in [2.75, 3.05) is 17.2 Å². The molecule has 0 amide bonds. The lowest BCUT2D eigenvalue weighted by Crippen LogP contribution is -2.26. The van der Waals surface area contributed by atoms with Gasteiger partial charge in [0, 0.05) is 22.9 Å². The van der Waals surface area contributed by atoms with E-state index in [2.05, 4.69) is 15.9 Å². The van der Waals surface area contributed by atoms with Crippen molar-refractivity contribution in [3.63, 3.8) is 0 Å². The van der Waals surface area contributed by atoms with E-state index < -0.39 is 9.84 Å². The number of pyridine rings is 1. The topological polar surface area (TPSA) is 50.3 Å². The zero-order chi connectivity index (χ0) is 16.7. The van der Waals surface area contributed by atoms with Crippen LogP contribution in [0.4, 0.5) is 5.82 Å². The number of hydrogen-bond donors (Lipinski definition) is 0. The molecule has 0 unspecified atom stereocenters. The van der Waals surface area contributed by atoms with E-state index in [-0.39, 0.29) is 5.75 Å². The maximum absolute atomic E-state index is 12.5. The Hall–Kier alpha value is -1.92. The second-order valence-corrected chi connectivity index (χ2v) is 8.76. The maximum Gasteiger partial charge on any atom is 0.180 e. The number of aromatic nitrogens is 1. The smallest absolute Gasteiger partial charge is 0.180 e. The number of nitrogens with zero attached hydrogens (tertiary/aromatic N) is 2. The van der Waals surface area contributed by atoms with Gasteiger partial charge in [-0.1, -0.05) is 36.4 Å². The summed E-state index contributed by atoms with van der Waals surface area (Å²) in [6.45, 7) is 0.960. The summed E-state index contributed by atoms with van der Waals surface area (Å²) < 4.78 is 25.9. The molecule has 0 fully saturated rings. The van der Waals surface area contributed by atoms with Gasteiger partial charge < -0.3 is 4.90 Å². The zero-order valence-corrected chi connectivity index (χ0v) is 15.2. The molecule has 1 aromatic heterocycles. The number of para-hydroxylation sites is 1. The Labute approximate surface area is 149 Å². The third-order valence-electron chi connectivity index (χ3n) is 4.27. The molecule has 2 heterocycles. The van der Waals surface area contributed by atoms with Crippen molar-refractivity contribution in [1.82, 2.24) is 4.98 Å². The SMILES string of the molecule is O=S1(=O)CCN(c2cc(Br)c3ccccc3n2)Cc2ccccc21. The van der Waals surface area contributed by atoms with Gasteiger partial charge in [-0.05, 0) is 39.7 Å². The second kappa shape index (κ2) is 5.86. The fourth-order valence-electron chi connectivity index (χ4n) is 3.04. The van der Waals surface area contributed by atoms with Crippen LogP contribution in [0.2, 0.25) is 0 Å². The molecule has 4 rings (SSSR count). The lowest BCUT2D eigenvalue weighted by molar-refractivity contribution is 0.596. The number of rotatable bonds is 1. The molecule has 6 heteroatoms. The minimum Gasteiger partial charge on any atom is -0.351 e. The van der Waals surface area contributed by atoms with Gasteiger partial charge in [0.15, 0.2) is 9.84 Å². The van der Waals surface area contributed by atoms with E-state index in [0.717, 1.165) is 26.8 Å². The summed E-state index contributed by atoms with van der Waals surface area (Å²) in [4.78, 5) is 7.19. The Morgan fingerprint density at radius 3 is 2.67 bits per heavy atom. The summed E-state index contributed by atoms with van der Waals surface area (Å²) in [5, 5.41) is 1.05. The lowest BCUT2D eigenvalue weighted by Gasteiger charge is -2.22. The van der Waals surface area contributed by atoms with Crippen LogP contribution in [-0.4, -0.2) is 25.7 Å². The zero-order valence-electron chi connectivity index (χ0n) is 12.8. The van der Waals surface area contributed by atoms with Crippen LogP contribution in [0.3, 0.4) is 0 Å². The van der Waals surface area contributed by atoms with Crippen molar-refractivity contribution in [3.8, 4) is 0 Å². The van der Waals surface area contributed by atoms with Crippen molar-refractivity contribution in [1.29, 1.82) is 0 Å². The third kappa shape index (κ3) is 2.70. The molecule has 24 heavy (non-hydrogen) atoms. The van der Waals surface area contributed by atoms with E-state index in [1.165, 1.54) is 0 Å². The van der Waals surface area contributed by atoms with Gasteiger partial charge >= 0.3 is 0 Å². The predicted octanol–water partition coefficient (Wildman–Crippen LogP) is 3.79. The molecule has 0 radical (unpaired) electrons. The molecule has 1 aliphatic heterocycles. The summed E-state index contributed by atoms with van der Waals surface area (Å²) in [5.41, 5.74) is 1.71. The van der Waals surface area contributed by atoms with E-state index in [9.17, 15) is 8.42 Å². The molecule has 1 aliphatic rings. The number of halogens is 1. The van der Waals surface area contributed by atoms with Crippen molar-refractivity contribution >= 4 is 42.5 Å². The van der Waals surface area contributed by atoms with Gasteiger partial charge in [-0.25, -0.2) is 13.4 Å². The molecule has 0 aliphatic carbocycles. The van der Waals surface area contributed by atoms with Gasteiger partial charge in [-0.2, -0.15) is 0 Å². The van der Waals surface area contributed by atoms with Gasteiger partial charge in [0.25, 0.3) is 0 Å². The number of hydrogen-bond acceptors (Lipinski definition) is 4. The molecule has 0 bridgehead atoms. The Balaban J connectivity index is 1.81. The van der Waals surface area contributed by atoms with Crippen molar-refractivity contribution < 1.29 is 8.42 Å². The highest BCUT2D eigenvalue weighted by Crippen LogP contribution is 2.30. The molecule has 3 aromatic rings. The fraction of sp³-hybridized carbons (Fsp3) is 0.167. The van der Waals surface area contributed by atoms with Crippen LogP contribution in [0.15, 0.2) is 64.0 Å². The molecule has 0 N–H and O–H groups in total. The van der Waals surface area contributed by atoms with Crippen molar-refractivity contribution in [2.24, 2.45) is 0 Å². The summed E-state index contributed by atoms with van der Waals surface area (Å²) >= 11 is 3.60. The number of benzene rings is 2. The first kappa shape index (κ1) is 15.6. The first-order valence-electron chi connectivity index (χ1n) is 7.65. The maximum atomic E-state index is 12.5. The third-order valence-corrected chi connectivity index (χ3v) is 6.72. The summed E-state index contributed by atoms with van der Waals surface area (Å²) in [5.74, 6) is 0.878. The number of anilines is 1. The Bertz CT molecular complexity index is 1030. The molecule has 0 saturated heterocycles. The van der Waals surface area contributed by atoms with Crippen LogP contribution >= 0.6 is 15.9 Å². The standard InChI is InChI=1S/C18H15BrN2O2S/c19-15-11-18(20-16-7-3-2-6-14(15)16)21-9-10-24(22,23)17-8-4-1-5-13(17)12-21/h1-8,11H,9-10,12H2. The summed E-state index contributed by atoms with van der Waals surface area (Å²) in [7, 11) is -3.25. The highest BCUT2D eigenvalue weighted by Gasteiger charge is 2.25. The van der Waals surface area contributed by atoms with Crippen LogP contribution in [-0.2, 0) is 16.4 Å². The van der Waals surface area contributed by atoms with E-state index in [1.807, 2.05) is 47.4 Å². The molecule has 0 spiro atoms. The normalized spacial score (nSPS) is 16.6. The van der Waals surface area contributed by atoms with Crippen LogP contribution in [0.1, 0.15) is 5.56 Å². The lowest BCUT2D eigenvalue weighted by atomic mass is 10.2. The Morgan fingerprint density at radius 1 is 1.04 bits per heavy atom. The summed E-state index contributed by atoms with van der Waals surface area (Å²) in [6.07, 6.45) is 0. The van der Waals surface area contributed by atoms with Crippen LogP contribution in [0.25, 0.3) is 10.9 Å². The second-order valence-electron chi connectivity index (χ2n) is 5.83.